The average Bonchev–Trinajstić information content (AvgIpc) is 2.84. The van der Waals surface area contributed by atoms with Gasteiger partial charge in [0.1, 0.15) is 11.5 Å². The van der Waals surface area contributed by atoms with Gasteiger partial charge in [0.05, 0.1) is 0 Å². The van der Waals surface area contributed by atoms with Gasteiger partial charge in [-0.3, -0.25) is 0 Å². The van der Waals surface area contributed by atoms with E-state index in [4.69, 9.17) is 16.7 Å². The summed E-state index contributed by atoms with van der Waals surface area (Å²) >= 11 is 6.41. The minimum atomic E-state index is 0.479. The van der Waals surface area contributed by atoms with Crippen molar-refractivity contribution >= 4 is 28.5 Å². The second-order valence-corrected chi connectivity index (χ2v) is 4.30. The van der Waals surface area contributed by atoms with E-state index in [1.165, 1.54) is 11.3 Å². The van der Waals surface area contributed by atoms with Crippen molar-refractivity contribution in [2.75, 3.05) is 0 Å². The maximum absolute atomic E-state index is 5.00. The van der Waals surface area contributed by atoms with Crippen molar-refractivity contribution in [1.82, 2.24) is 25.0 Å². The molecular formula is C7H5N5OS2. The van der Waals surface area contributed by atoms with E-state index < -0.39 is 0 Å². The Morgan fingerprint density at radius 1 is 1.60 bits per heavy atom. The van der Waals surface area contributed by atoms with Crippen LogP contribution in [0.4, 0.5) is 0 Å². The number of rotatable bonds is 1. The molecule has 0 aromatic carbocycles. The van der Waals surface area contributed by atoms with Gasteiger partial charge >= 0.3 is 0 Å². The van der Waals surface area contributed by atoms with Crippen molar-refractivity contribution in [2.24, 2.45) is 0 Å². The van der Waals surface area contributed by atoms with Crippen molar-refractivity contribution in [3.05, 3.63) is 16.6 Å². The number of H-pyrrole nitrogens is 1. The van der Waals surface area contributed by atoms with Crippen LogP contribution in [0.1, 0.15) is 5.76 Å². The first-order valence-electron chi connectivity index (χ1n) is 4.12. The third kappa shape index (κ3) is 1.29. The maximum atomic E-state index is 5.00. The second kappa shape index (κ2) is 2.97. The molecule has 0 unspecified atom stereocenters. The third-order valence-corrected chi connectivity index (χ3v) is 3.04. The van der Waals surface area contributed by atoms with E-state index in [2.05, 4.69) is 20.5 Å². The zero-order valence-corrected chi connectivity index (χ0v) is 9.22. The Bertz CT molecular complexity index is 675. The molecule has 0 saturated heterocycles. The molecule has 3 heterocycles. The molecule has 0 aliphatic carbocycles. The van der Waals surface area contributed by atoms with E-state index in [1.54, 1.807) is 4.52 Å². The molecular weight excluding hydrogens is 234 g/mol. The third-order valence-electron chi connectivity index (χ3n) is 1.85. The summed E-state index contributed by atoms with van der Waals surface area (Å²) in [5.41, 5.74) is 0.706. The van der Waals surface area contributed by atoms with Crippen LogP contribution in [0.15, 0.2) is 10.6 Å². The van der Waals surface area contributed by atoms with Gasteiger partial charge in [0.15, 0.2) is 5.01 Å². The molecule has 3 aromatic heterocycles. The molecule has 0 bridgehead atoms. The molecule has 3 rings (SSSR count). The molecule has 0 aliphatic rings. The lowest BCUT2D eigenvalue weighted by molar-refractivity contribution is 0.399. The topological polar surface area (TPSA) is 72.0 Å². The predicted molar refractivity (Wildman–Crippen MR) is 56.3 cm³/mol. The van der Waals surface area contributed by atoms with Crippen molar-refractivity contribution in [2.45, 2.75) is 6.92 Å². The fourth-order valence-corrected chi connectivity index (χ4v) is 2.24. The number of fused-ring (bicyclic) bond motifs is 1. The van der Waals surface area contributed by atoms with Crippen LogP contribution in [0, 0.1) is 11.7 Å². The van der Waals surface area contributed by atoms with Gasteiger partial charge in [-0.25, -0.2) is 5.10 Å². The van der Waals surface area contributed by atoms with Crippen LogP contribution in [0.2, 0.25) is 0 Å². The summed E-state index contributed by atoms with van der Waals surface area (Å²) in [5, 5.41) is 15.6. The Morgan fingerprint density at radius 3 is 3.13 bits per heavy atom. The Balaban J connectivity index is 2.23. The van der Waals surface area contributed by atoms with Crippen molar-refractivity contribution < 1.29 is 4.52 Å². The molecule has 0 atom stereocenters. The molecule has 3 aromatic rings. The molecule has 8 heteroatoms. The smallest absolute Gasteiger partial charge is 0.233 e. The summed E-state index contributed by atoms with van der Waals surface area (Å²) in [6, 6.07) is 1.82. The first-order chi connectivity index (χ1) is 7.24. The highest BCUT2D eigenvalue weighted by molar-refractivity contribution is 7.71. The van der Waals surface area contributed by atoms with E-state index in [1.807, 2.05) is 13.0 Å². The zero-order chi connectivity index (χ0) is 10.4. The largest absolute Gasteiger partial charge is 0.361 e. The van der Waals surface area contributed by atoms with Gasteiger partial charge in [-0.2, -0.15) is 4.52 Å². The summed E-state index contributed by atoms with van der Waals surface area (Å²) < 4.78 is 7.02. The molecule has 0 amide bonds. The minimum absolute atomic E-state index is 0.479. The van der Waals surface area contributed by atoms with Gasteiger partial charge < -0.3 is 4.52 Å². The van der Waals surface area contributed by atoms with Gasteiger partial charge in [-0.05, 0) is 19.1 Å². The van der Waals surface area contributed by atoms with Crippen molar-refractivity contribution in [1.29, 1.82) is 0 Å². The van der Waals surface area contributed by atoms with Crippen molar-refractivity contribution in [3.63, 3.8) is 0 Å². The highest BCUT2D eigenvalue weighted by Crippen LogP contribution is 2.24. The number of nitrogens with one attached hydrogen (secondary N) is 1. The summed E-state index contributed by atoms with van der Waals surface area (Å²) in [6.07, 6.45) is 0. The van der Waals surface area contributed by atoms with E-state index in [-0.39, 0.29) is 0 Å². The quantitative estimate of drug-likeness (QED) is 0.656. The standard InChI is InChI=1S/C7H5N5OS2/c1-3-2-4(11-13-3)5-10-12-6(14)8-9-7(12)15-5/h2H,1H3,(H,8,14). The lowest BCUT2D eigenvalue weighted by Crippen LogP contribution is -1.84. The van der Waals surface area contributed by atoms with Gasteiger partial charge in [-0.1, -0.05) is 16.5 Å². The van der Waals surface area contributed by atoms with Crippen LogP contribution >= 0.6 is 23.6 Å². The summed E-state index contributed by atoms with van der Waals surface area (Å²) in [4.78, 5) is 0.718. The monoisotopic (exact) mass is 239 g/mol. The van der Waals surface area contributed by atoms with Crippen molar-refractivity contribution in [3.8, 4) is 10.7 Å². The van der Waals surface area contributed by atoms with Crippen LogP contribution in [0.25, 0.3) is 15.7 Å². The molecule has 0 spiro atoms. The molecule has 76 valence electrons. The number of hydrogen-bond donors (Lipinski definition) is 1. The van der Waals surface area contributed by atoms with Gasteiger partial charge in [0.25, 0.3) is 0 Å². The van der Waals surface area contributed by atoms with Crippen LogP contribution in [-0.4, -0.2) is 25.0 Å². The zero-order valence-electron chi connectivity index (χ0n) is 7.59. The normalized spacial score (nSPS) is 11.3. The first-order valence-corrected chi connectivity index (χ1v) is 5.34. The molecule has 15 heavy (non-hydrogen) atoms. The average molecular weight is 239 g/mol. The maximum Gasteiger partial charge on any atom is 0.233 e. The SMILES string of the molecule is Cc1cc(-c2nn3c(=S)[nH]nc3s2)no1. The lowest BCUT2D eigenvalue weighted by atomic mass is 10.4. The molecule has 6 nitrogen and oxygen atoms in total. The van der Waals surface area contributed by atoms with E-state index in [9.17, 15) is 0 Å². The Kier molecular flexibility index (Phi) is 1.73. The predicted octanol–water partition coefficient (Wildman–Crippen LogP) is 1.81. The first kappa shape index (κ1) is 8.74. The molecule has 0 fully saturated rings. The van der Waals surface area contributed by atoms with Crippen LogP contribution < -0.4 is 0 Å². The highest BCUT2D eigenvalue weighted by Gasteiger charge is 2.11. The van der Waals surface area contributed by atoms with E-state index >= 15 is 0 Å². The highest BCUT2D eigenvalue weighted by atomic mass is 32.1. The summed E-state index contributed by atoms with van der Waals surface area (Å²) in [6.45, 7) is 1.83. The lowest BCUT2D eigenvalue weighted by Gasteiger charge is -1.81. The van der Waals surface area contributed by atoms with Crippen LogP contribution in [-0.2, 0) is 0 Å². The van der Waals surface area contributed by atoms with Gasteiger partial charge in [-0.15, -0.1) is 10.2 Å². The Labute approximate surface area is 92.5 Å². The minimum Gasteiger partial charge on any atom is -0.361 e. The Morgan fingerprint density at radius 2 is 2.47 bits per heavy atom. The van der Waals surface area contributed by atoms with Crippen LogP contribution in [0.3, 0.4) is 0 Å². The van der Waals surface area contributed by atoms with E-state index in [0.29, 0.717) is 10.5 Å². The number of hydrogen-bond acceptors (Lipinski definition) is 6. The fourth-order valence-electron chi connectivity index (χ4n) is 1.20. The second-order valence-electron chi connectivity index (χ2n) is 2.95. The molecule has 0 aliphatic heterocycles. The Hall–Kier alpha value is -1.54. The fraction of sp³-hybridized carbons (Fsp3) is 0.143. The number of nitrogens with zero attached hydrogens (tertiary/aromatic N) is 4. The van der Waals surface area contributed by atoms with Gasteiger partial charge in [0, 0.05) is 6.07 Å². The van der Waals surface area contributed by atoms with Gasteiger partial charge in [0.2, 0.25) is 9.73 Å². The number of aromatic amines is 1. The van der Waals surface area contributed by atoms with Crippen LogP contribution in [0.5, 0.6) is 0 Å². The number of aryl methyl sites for hydroxylation is 1. The summed E-state index contributed by atoms with van der Waals surface area (Å²) in [5.74, 6) is 0.753. The number of aromatic nitrogens is 5. The molecule has 0 radical (unpaired) electrons. The molecule has 1 N–H and O–H groups in total. The summed E-state index contributed by atoms with van der Waals surface area (Å²) in [7, 11) is 0. The molecule has 0 saturated carbocycles. The van der Waals surface area contributed by atoms with E-state index in [0.717, 1.165) is 15.7 Å².